The maximum Gasteiger partial charge on any atom is 0.0471 e. The van der Waals surface area contributed by atoms with E-state index in [-0.39, 0.29) is 0 Å². The lowest BCUT2D eigenvalue weighted by Gasteiger charge is -2.36. The van der Waals surface area contributed by atoms with Gasteiger partial charge in [-0.3, -0.25) is 0 Å². The van der Waals surface area contributed by atoms with Gasteiger partial charge in [0.2, 0.25) is 0 Å². The summed E-state index contributed by atoms with van der Waals surface area (Å²) in [4.78, 5) is 5.05. The number of aryl methyl sites for hydroxylation is 1. The molecule has 0 aliphatic carbocycles. The molecular weight excluding hydrogens is 298 g/mol. The van der Waals surface area contributed by atoms with Crippen molar-refractivity contribution >= 4 is 5.69 Å². The van der Waals surface area contributed by atoms with Crippen molar-refractivity contribution in [1.29, 1.82) is 0 Å². The number of hydrogen-bond acceptors (Lipinski definition) is 4. The van der Waals surface area contributed by atoms with Gasteiger partial charge in [-0.25, -0.2) is 0 Å². The fourth-order valence-corrected chi connectivity index (χ4v) is 4.17. The van der Waals surface area contributed by atoms with Crippen molar-refractivity contribution in [3.8, 4) is 0 Å². The van der Waals surface area contributed by atoms with Gasteiger partial charge < -0.3 is 20.2 Å². The van der Waals surface area contributed by atoms with Gasteiger partial charge >= 0.3 is 0 Å². The van der Waals surface area contributed by atoms with Crippen LogP contribution in [0.25, 0.3) is 0 Å². The lowest BCUT2D eigenvalue weighted by molar-refractivity contribution is 0.120. The first-order valence-corrected chi connectivity index (χ1v) is 9.63. The second-order valence-electron chi connectivity index (χ2n) is 7.49. The average molecular weight is 332 g/mol. The van der Waals surface area contributed by atoms with Gasteiger partial charge in [-0.15, -0.1) is 0 Å². The maximum absolute atomic E-state index is 9.33. The molecule has 2 aliphatic heterocycles. The highest BCUT2D eigenvalue weighted by Crippen LogP contribution is 2.23. The molecular formula is C20H33N3O. The predicted molar refractivity (Wildman–Crippen MR) is 101 cm³/mol. The van der Waals surface area contributed by atoms with Crippen molar-refractivity contribution in [2.24, 2.45) is 5.92 Å². The lowest BCUT2D eigenvalue weighted by Crippen LogP contribution is -2.46. The van der Waals surface area contributed by atoms with E-state index in [4.69, 9.17) is 0 Å². The molecule has 2 aliphatic rings. The van der Waals surface area contributed by atoms with Crippen LogP contribution in [0, 0.1) is 12.8 Å². The lowest BCUT2D eigenvalue weighted by atomic mass is 9.99. The second kappa shape index (κ2) is 8.84. The number of piperidine rings is 2. The first kappa shape index (κ1) is 17.7. The zero-order valence-electron chi connectivity index (χ0n) is 15.1. The predicted octanol–water partition coefficient (Wildman–Crippen LogP) is 2.26. The molecule has 0 aromatic heterocycles. The molecule has 1 unspecified atom stereocenters. The Morgan fingerprint density at radius 2 is 1.92 bits per heavy atom. The molecule has 0 bridgehead atoms. The van der Waals surface area contributed by atoms with Crippen LogP contribution in [0.5, 0.6) is 0 Å². The number of aliphatic hydroxyl groups excluding tert-OH is 1. The maximum atomic E-state index is 9.33. The number of nitrogens with one attached hydrogen (secondary N) is 1. The summed E-state index contributed by atoms with van der Waals surface area (Å²) in [6.45, 7) is 9.33. The van der Waals surface area contributed by atoms with Crippen molar-refractivity contribution in [3.63, 3.8) is 0 Å². The summed E-state index contributed by atoms with van der Waals surface area (Å²) in [5.41, 5.74) is 2.78. The molecule has 2 heterocycles. The minimum absolute atomic E-state index is 0.349. The number of para-hydroxylation sites is 1. The summed E-state index contributed by atoms with van der Waals surface area (Å²) in [5.74, 6) is 0.496. The Hall–Kier alpha value is -1.10. The Morgan fingerprint density at radius 3 is 2.67 bits per heavy atom. The average Bonchev–Trinajstić information content (AvgIpc) is 2.63. The number of anilines is 1. The van der Waals surface area contributed by atoms with Crippen LogP contribution in [0.2, 0.25) is 0 Å². The third kappa shape index (κ3) is 4.71. The molecule has 1 aromatic rings. The van der Waals surface area contributed by atoms with E-state index < -0.39 is 0 Å². The van der Waals surface area contributed by atoms with Gasteiger partial charge in [-0.05, 0) is 56.7 Å². The van der Waals surface area contributed by atoms with Crippen molar-refractivity contribution in [2.45, 2.75) is 38.6 Å². The summed E-state index contributed by atoms with van der Waals surface area (Å²) in [5, 5.41) is 13.1. The first-order valence-electron chi connectivity index (χ1n) is 9.63. The molecule has 0 saturated carbocycles. The topological polar surface area (TPSA) is 38.7 Å². The van der Waals surface area contributed by atoms with Crippen molar-refractivity contribution in [2.75, 3.05) is 50.8 Å². The molecule has 0 spiro atoms. The summed E-state index contributed by atoms with van der Waals surface area (Å²) in [6, 6.07) is 9.37. The monoisotopic (exact) mass is 331 g/mol. The van der Waals surface area contributed by atoms with Crippen LogP contribution >= 0.6 is 0 Å². The van der Waals surface area contributed by atoms with Gasteiger partial charge in [0.25, 0.3) is 0 Å². The van der Waals surface area contributed by atoms with Crippen LogP contribution in [0.4, 0.5) is 5.69 Å². The first-order chi connectivity index (χ1) is 11.8. The van der Waals surface area contributed by atoms with Gasteiger partial charge in [0.05, 0.1) is 0 Å². The van der Waals surface area contributed by atoms with Crippen molar-refractivity contribution < 1.29 is 5.11 Å². The summed E-state index contributed by atoms with van der Waals surface area (Å²) in [6.07, 6.45) is 4.89. The zero-order valence-corrected chi connectivity index (χ0v) is 15.1. The summed E-state index contributed by atoms with van der Waals surface area (Å²) >= 11 is 0. The molecule has 134 valence electrons. The molecule has 2 N–H and O–H groups in total. The fraction of sp³-hybridized carbons (Fsp3) is 0.700. The Labute approximate surface area is 146 Å². The van der Waals surface area contributed by atoms with Crippen LogP contribution in [-0.2, 0) is 0 Å². The van der Waals surface area contributed by atoms with Crippen LogP contribution in [0.15, 0.2) is 24.3 Å². The van der Waals surface area contributed by atoms with E-state index in [0.29, 0.717) is 18.6 Å². The molecule has 4 nitrogen and oxygen atoms in total. The van der Waals surface area contributed by atoms with Crippen molar-refractivity contribution in [1.82, 2.24) is 10.2 Å². The molecule has 1 aromatic carbocycles. The SMILES string of the molecule is Cc1ccccc1N1CCC(NCCN2CCCC(CO)C2)CC1. The molecule has 2 saturated heterocycles. The Morgan fingerprint density at radius 1 is 1.12 bits per heavy atom. The minimum atomic E-state index is 0.349. The second-order valence-corrected chi connectivity index (χ2v) is 7.49. The van der Waals surface area contributed by atoms with Crippen molar-refractivity contribution in [3.05, 3.63) is 29.8 Å². The number of hydrogen-bond donors (Lipinski definition) is 2. The third-order valence-corrected chi connectivity index (χ3v) is 5.67. The Kier molecular flexibility index (Phi) is 6.52. The molecule has 24 heavy (non-hydrogen) atoms. The number of benzene rings is 1. The molecule has 0 amide bonds. The van der Waals surface area contributed by atoms with E-state index in [2.05, 4.69) is 46.3 Å². The molecule has 3 rings (SSSR count). The van der Waals surface area contributed by atoms with E-state index in [1.165, 1.54) is 43.5 Å². The molecule has 1 atom stereocenters. The van der Waals surface area contributed by atoms with Crippen LogP contribution < -0.4 is 10.2 Å². The normalized spacial score (nSPS) is 23.6. The highest BCUT2D eigenvalue weighted by atomic mass is 16.3. The number of aliphatic hydroxyl groups is 1. The molecule has 4 heteroatoms. The largest absolute Gasteiger partial charge is 0.396 e. The van der Waals surface area contributed by atoms with Gasteiger partial charge in [-0.1, -0.05) is 18.2 Å². The Balaban J connectivity index is 1.36. The smallest absolute Gasteiger partial charge is 0.0471 e. The van der Waals surface area contributed by atoms with E-state index in [1.54, 1.807) is 0 Å². The van der Waals surface area contributed by atoms with Gasteiger partial charge in [0, 0.05) is 51.1 Å². The van der Waals surface area contributed by atoms with E-state index in [1.807, 2.05) is 0 Å². The Bertz CT molecular complexity index is 499. The highest BCUT2D eigenvalue weighted by molar-refractivity contribution is 5.53. The van der Waals surface area contributed by atoms with Gasteiger partial charge in [0.1, 0.15) is 0 Å². The highest BCUT2D eigenvalue weighted by Gasteiger charge is 2.21. The summed E-state index contributed by atoms with van der Waals surface area (Å²) in [7, 11) is 0. The van der Waals surface area contributed by atoms with Crippen LogP contribution in [0.3, 0.4) is 0 Å². The van der Waals surface area contributed by atoms with Crippen LogP contribution in [0.1, 0.15) is 31.2 Å². The standard InChI is InChI=1S/C20H33N3O/c1-17-5-2-3-7-20(17)23-12-8-19(9-13-23)21-10-14-22-11-4-6-18(15-22)16-24/h2-3,5,7,18-19,21,24H,4,6,8-16H2,1H3. The van der Waals surface area contributed by atoms with Crippen LogP contribution in [-0.4, -0.2) is 61.9 Å². The summed E-state index contributed by atoms with van der Waals surface area (Å²) < 4.78 is 0. The molecule has 2 fully saturated rings. The van der Waals surface area contributed by atoms with E-state index >= 15 is 0 Å². The van der Waals surface area contributed by atoms with E-state index in [0.717, 1.165) is 32.7 Å². The van der Waals surface area contributed by atoms with E-state index in [9.17, 15) is 5.11 Å². The molecule has 0 radical (unpaired) electrons. The quantitative estimate of drug-likeness (QED) is 0.839. The fourth-order valence-electron chi connectivity index (χ4n) is 4.17. The number of rotatable bonds is 6. The zero-order chi connectivity index (χ0) is 16.8. The minimum Gasteiger partial charge on any atom is -0.396 e. The van der Waals surface area contributed by atoms with Gasteiger partial charge in [0.15, 0.2) is 0 Å². The number of nitrogens with zero attached hydrogens (tertiary/aromatic N) is 2. The third-order valence-electron chi connectivity index (χ3n) is 5.67. The van der Waals surface area contributed by atoms with Gasteiger partial charge in [-0.2, -0.15) is 0 Å². The number of likely N-dealkylation sites (tertiary alicyclic amines) is 1.